The predicted octanol–water partition coefficient (Wildman–Crippen LogP) is 5.77. The molecule has 0 spiro atoms. The maximum Gasteiger partial charge on any atom is 0.0594 e. The van der Waals surface area contributed by atoms with Crippen LogP contribution in [0.3, 0.4) is 0 Å². The van der Waals surface area contributed by atoms with Gasteiger partial charge in [-0.15, -0.1) is 0 Å². The van der Waals surface area contributed by atoms with Crippen LogP contribution in [0.1, 0.15) is 0 Å². The highest BCUT2D eigenvalue weighted by molar-refractivity contribution is 6.43. The average Bonchev–Trinajstić information content (AvgIpc) is 2.19. The van der Waals surface area contributed by atoms with Crippen molar-refractivity contribution >= 4 is 46.4 Å². The Morgan fingerprint density at radius 3 is 2.19 bits per heavy atom. The first kappa shape index (κ1) is 12.1. The molecule has 16 heavy (non-hydrogen) atoms. The molecule has 1 radical (unpaired) electrons. The van der Waals surface area contributed by atoms with E-state index in [9.17, 15) is 0 Å². The number of rotatable bonds is 1. The zero-order chi connectivity index (χ0) is 11.7. The third-order valence-electron chi connectivity index (χ3n) is 2.08. The Hall–Kier alpha value is -0.400. The van der Waals surface area contributed by atoms with Crippen molar-refractivity contribution in [2.24, 2.45) is 0 Å². The lowest BCUT2D eigenvalue weighted by Gasteiger charge is -2.09. The van der Waals surface area contributed by atoms with E-state index in [1.807, 2.05) is 18.2 Å². The van der Waals surface area contributed by atoms with Gasteiger partial charge in [-0.3, -0.25) is 0 Å². The van der Waals surface area contributed by atoms with Gasteiger partial charge in [0, 0.05) is 22.2 Å². The number of halogens is 4. The molecule has 0 saturated heterocycles. The Labute approximate surface area is 114 Å². The molecule has 0 amide bonds. The molecule has 0 heterocycles. The molecule has 0 N–H and O–H groups in total. The molecule has 0 bridgehead atoms. The zero-order valence-electron chi connectivity index (χ0n) is 7.90. The Bertz CT molecular complexity index is 511. The highest BCUT2D eigenvalue weighted by atomic mass is 35.5. The smallest absolute Gasteiger partial charge is 0.0594 e. The maximum absolute atomic E-state index is 6.09. The summed E-state index contributed by atoms with van der Waals surface area (Å²) in [5.74, 6) is 0. The van der Waals surface area contributed by atoms with Crippen molar-refractivity contribution in [3.8, 4) is 11.1 Å². The summed E-state index contributed by atoms with van der Waals surface area (Å²) in [6.45, 7) is 0. The van der Waals surface area contributed by atoms with E-state index in [4.69, 9.17) is 46.4 Å². The fourth-order valence-corrected chi connectivity index (χ4v) is 2.60. The number of hydrogen-bond acceptors (Lipinski definition) is 0. The molecule has 81 valence electrons. The Balaban J connectivity index is 2.70. The fraction of sp³-hybridized carbons (Fsp3) is 0. The van der Waals surface area contributed by atoms with Gasteiger partial charge in [0.1, 0.15) is 0 Å². The van der Waals surface area contributed by atoms with E-state index >= 15 is 0 Å². The Morgan fingerprint density at radius 1 is 0.875 bits per heavy atom. The lowest BCUT2D eigenvalue weighted by molar-refractivity contribution is 1.61. The second-order valence-corrected chi connectivity index (χ2v) is 4.73. The molecule has 4 heteroatoms. The zero-order valence-corrected chi connectivity index (χ0v) is 10.9. The summed E-state index contributed by atoms with van der Waals surface area (Å²) in [6, 6.07) is 11.7. The predicted molar refractivity (Wildman–Crippen MR) is 70.8 cm³/mol. The second-order valence-electron chi connectivity index (χ2n) is 3.13. The lowest BCUT2D eigenvalue weighted by Crippen LogP contribution is -1.84. The highest BCUT2D eigenvalue weighted by Crippen LogP contribution is 2.39. The molecule has 0 aliphatic heterocycles. The van der Waals surface area contributed by atoms with Crippen molar-refractivity contribution in [3.05, 3.63) is 56.5 Å². The summed E-state index contributed by atoms with van der Waals surface area (Å²) in [6.07, 6.45) is 0. The highest BCUT2D eigenvalue weighted by Gasteiger charge is 2.12. The van der Waals surface area contributed by atoms with E-state index in [1.165, 1.54) is 0 Å². The van der Waals surface area contributed by atoms with Gasteiger partial charge in [0.15, 0.2) is 0 Å². The van der Waals surface area contributed by atoms with Crippen LogP contribution in [0.2, 0.25) is 20.1 Å². The summed E-state index contributed by atoms with van der Waals surface area (Å²) >= 11 is 24.0. The van der Waals surface area contributed by atoms with Crippen molar-refractivity contribution in [1.29, 1.82) is 0 Å². The van der Waals surface area contributed by atoms with Crippen LogP contribution in [0.5, 0.6) is 0 Å². The molecule has 0 aliphatic carbocycles. The topological polar surface area (TPSA) is 0 Å². The standard InChI is InChI=1S/C12H5Cl4/c13-7-5-10(15)12(11(16)6-7)8-3-1-2-4-9(8)14/h1-5H. The minimum Gasteiger partial charge on any atom is -0.0837 e. The van der Waals surface area contributed by atoms with Gasteiger partial charge in [0.2, 0.25) is 0 Å². The van der Waals surface area contributed by atoms with Crippen molar-refractivity contribution in [1.82, 2.24) is 0 Å². The SMILES string of the molecule is Clc1[c]c(Cl)c(-c2ccccc2Cl)c(Cl)c1. The van der Waals surface area contributed by atoms with E-state index in [0.717, 1.165) is 5.56 Å². The van der Waals surface area contributed by atoms with E-state index in [2.05, 4.69) is 6.07 Å². The van der Waals surface area contributed by atoms with E-state index in [-0.39, 0.29) is 0 Å². The van der Waals surface area contributed by atoms with E-state index in [0.29, 0.717) is 25.7 Å². The van der Waals surface area contributed by atoms with Crippen LogP contribution in [0.15, 0.2) is 30.3 Å². The van der Waals surface area contributed by atoms with E-state index in [1.54, 1.807) is 12.1 Å². The van der Waals surface area contributed by atoms with Crippen molar-refractivity contribution in [2.75, 3.05) is 0 Å². The molecular weight excluding hydrogens is 286 g/mol. The normalized spacial score (nSPS) is 10.5. The minimum absolute atomic E-state index is 0.366. The van der Waals surface area contributed by atoms with Gasteiger partial charge in [0.05, 0.1) is 15.1 Å². The van der Waals surface area contributed by atoms with Crippen LogP contribution in [-0.2, 0) is 0 Å². The van der Waals surface area contributed by atoms with Gasteiger partial charge < -0.3 is 0 Å². The third kappa shape index (κ3) is 2.31. The molecule has 0 aliphatic rings. The van der Waals surface area contributed by atoms with Crippen LogP contribution >= 0.6 is 46.4 Å². The van der Waals surface area contributed by atoms with Crippen LogP contribution in [-0.4, -0.2) is 0 Å². The summed E-state index contributed by atoms with van der Waals surface area (Å²) in [7, 11) is 0. The van der Waals surface area contributed by atoms with Gasteiger partial charge in [-0.2, -0.15) is 0 Å². The molecule has 0 saturated carbocycles. The maximum atomic E-state index is 6.09. The molecule has 0 nitrogen and oxygen atoms in total. The van der Waals surface area contributed by atoms with Gasteiger partial charge >= 0.3 is 0 Å². The molecule has 0 aromatic heterocycles. The summed E-state index contributed by atoms with van der Waals surface area (Å²) in [5, 5.41) is 1.79. The largest absolute Gasteiger partial charge is 0.0837 e. The van der Waals surface area contributed by atoms with Gasteiger partial charge in [-0.25, -0.2) is 0 Å². The van der Waals surface area contributed by atoms with Gasteiger partial charge in [-0.1, -0.05) is 64.6 Å². The molecule has 2 aromatic carbocycles. The average molecular weight is 291 g/mol. The first-order valence-electron chi connectivity index (χ1n) is 4.41. The molecular formula is C12H5Cl4. The van der Waals surface area contributed by atoms with Crippen molar-refractivity contribution < 1.29 is 0 Å². The molecule has 2 aromatic rings. The quantitative estimate of drug-likeness (QED) is 0.626. The number of hydrogen-bond donors (Lipinski definition) is 0. The first-order valence-corrected chi connectivity index (χ1v) is 5.92. The summed E-state index contributed by atoms with van der Waals surface area (Å²) in [5.41, 5.74) is 1.42. The van der Waals surface area contributed by atoms with Gasteiger partial charge in [0.25, 0.3) is 0 Å². The molecule has 2 rings (SSSR count). The first-order chi connectivity index (χ1) is 7.59. The number of benzene rings is 2. The van der Waals surface area contributed by atoms with Crippen LogP contribution in [0, 0.1) is 6.07 Å². The van der Waals surface area contributed by atoms with Crippen LogP contribution in [0.25, 0.3) is 11.1 Å². The van der Waals surface area contributed by atoms with Crippen LogP contribution in [0.4, 0.5) is 0 Å². The molecule has 0 unspecified atom stereocenters. The fourth-order valence-electron chi connectivity index (χ4n) is 1.40. The second kappa shape index (κ2) is 4.85. The summed E-state index contributed by atoms with van der Waals surface area (Å²) < 4.78 is 0. The van der Waals surface area contributed by atoms with E-state index < -0.39 is 0 Å². The molecule has 0 atom stereocenters. The molecule has 0 fully saturated rings. The van der Waals surface area contributed by atoms with Crippen LogP contribution < -0.4 is 0 Å². The van der Waals surface area contributed by atoms with Crippen molar-refractivity contribution in [2.45, 2.75) is 0 Å². The Kier molecular flexibility index (Phi) is 3.66. The van der Waals surface area contributed by atoms with Crippen molar-refractivity contribution in [3.63, 3.8) is 0 Å². The Morgan fingerprint density at radius 2 is 1.56 bits per heavy atom. The van der Waals surface area contributed by atoms with Gasteiger partial charge in [-0.05, 0) is 12.1 Å². The monoisotopic (exact) mass is 289 g/mol. The summed E-state index contributed by atoms with van der Waals surface area (Å²) in [4.78, 5) is 0. The lowest BCUT2D eigenvalue weighted by atomic mass is 10.1. The third-order valence-corrected chi connectivity index (χ3v) is 3.20. The minimum atomic E-state index is 0.366.